The summed E-state index contributed by atoms with van der Waals surface area (Å²) in [4.78, 5) is 185. The second kappa shape index (κ2) is 37.0. The Morgan fingerprint density at radius 1 is 0.548 bits per heavy atom. The Morgan fingerprint density at radius 2 is 1.03 bits per heavy atom. The molecule has 11 atom stereocenters. The number of Topliss-reactive ketones (excluding diaryl/α,β-unsaturated/α-hetero) is 1. The molecule has 1 aliphatic rings. The van der Waals surface area contributed by atoms with Crippen LogP contribution in [0.15, 0.2) is 42.5 Å². The zero-order valence-electron chi connectivity index (χ0n) is 60.4. The molecule has 0 bridgehead atoms. The molecule has 0 saturated carbocycles. The van der Waals surface area contributed by atoms with Gasteiger partial charge in [0.25, 0.3) is 5.91 Å². The molecule has 1 heterocycles. The summed E-state index contributed by atoms with van der Waals surface area (Å²) in [6.07, 6.45) is 3.92. The van der Waals surface area contributed by atoms with E-state index in [0.717, 1.165) is 20.3 Å². The Balaban J connectivity index is 3.03. The van der Waals surface area contributed by atoms with Crippen LogP contribution in [0.5, 0.6) is 0 Å². The lowest BCUT2D eigenvalue weighted by Crippen LogP contribution is -2.63. The molecule has 1 aliphatic heterocycles. The van der Waals surface area contributed by atoms with E-state index in [1.165, 1.54) is 82.8 Å². The van der Waals surface area contributed by atoms with Crippen LogP contribution in [0, 0.1) is 35.5 Å². The van der Waals surface area contributed by atoms with Crippen molar-refractivity contribution in [3.63, 3.8) is 0 Å². The van der Waals surface area contributed by atoms with E-state index in [1.807, 2.05) is 71.9 Å². The zero-order valence-corrected chi connectivity index (χ0v) is 60.4. The Hall–Kier alpha value is -7.24. The molecule has 0 radical (unpaired) electrons. The minimum absolute atomic E-state index is 0.0350. The summed E-state index contributed by atoms with van der Waals surface area (Å²) >= 11 is 0. The minimum atomic E-state index is -1.83. The third-order valence-electron chi connectivity index (χ3n) is 17.3. The number of carbonyl (C=O) groups is 12. The quantitative estimate of drug-likeness (QED) is 0.114. The van der Waals surface area contributed by atoms with Crippen LogP contribution in [0.3, 0.4) is 0 Å². The maximum Gasteiger partial charge on any atom is 0.251 e. The van der Waals surface area contributed by atoms with Gasteiger partial charge in [-0.15, -0.1) is 0 Å². The van der Waals surface area contributed by atoms with Crippen molar-refractivity contribution < 1.29 is 62.3 Å². The van der Waals surface area contributed by atoms with Gasteiger partial charge in [-0.1, -0.05) is 126 Å². The lowest BCUT2D eigenvalue weighted by atomic mass is 9.92. The van der Waals surface area contributed by atoms with Crippen molar-refractivity contribution >= 4 is 70.8 Å². The van der Waals surface area contributed by atoms with E-state index in [0.29, 0.717) is 0 Å². The number of rotatable bonds is 18. The number of carbonyl (C=O) groups excluding carboxylic acids is 12. The standard InChI is InChI=1S/C69H115N11O13/c1-25-27-31-45(13)58(82)57-62(86)72-49(26-2)64(88)74(18)38-54(81)75(19)53(37-69(16,17)93-39-48-32-29-28-30-33-48)61(85)73-55(43(9)10)67(91)76(20)50(34-40(3)4)60(84)70-46(14)59(83)71-47(15)63(87)77(21)51(35-41(5)6)65(89)78(22)52(36-42(7)8)66(90)79(23)56(44(11)12)68(92)80(57)24/h25,27-30,32-33,40-47,49-53,55-57H,26,31,34-39H2,1-24H3,(H,70,84)(H,71,83)(H,72,86)(H,73,85)/t45-,46+,47-,49+,50+,51+,52+,53+,55+,56+,57+/m1/s1. The Morgan fingerprint density at radius 3 is 1.53 bits per heavy atom. The molecule has 0 aliphatic carbocycles. The number of benzene rings is 1. The van der Waals surface area contributed by atoms with Crippen molar-refractivity contribution in [2.75, 3.05) is 55.9 Å². The highest BCUT2D eigenvalue weighted by Gasteiger charge is 2.46. The molecule has 2 rings (SSSR count). The highest BCUT2D eigenvalue weighted by molar-refractivity contribution is 6.10. The number of nitrogens with one attached hydrogen (secondary N) is 4. The fourth-order valence-electron chi connectivity index (χ4n) is 11.4. The number of ether oxygens (including phenoxy) is 1. The van der Waals surface area contributed by atoms with Crippen LogP contribution in [0.4, 0.5) is 0 Å². The third kappa shape index (κ3) is 23.3. The fraction of sp³-hybridized carbons (Fsp3) is 0.710. The van der Waals surface area contributed by atoms with E-state index in [-0.39, 0.29) is 62.9 Å². The number of amides is 11. The third-order valence-corrected chi connectivity index (χ3v) is 17.3. The maximum atomic E-state index is 15.2. The van der Waals surface area contributed by atoms with Crippen LogP contribution >= 0.6 is 0 Å². The van der Waals surface area contributed by atoms with Gasteiger partial charge in [-0.3, -0.25) is 57.5 Å². The van der Waals surface area contributed by atoms with E-state index < -0.39 is 161 Å². The van der Waals surface area contributed by atoms with E-state index in [9.17, 15) is 38.4 Å². The summed E-state index contributed by atoms with van der Waals surface area (Å²) in [7, 11) is 9.73. The Bertz CT molecular complexity index is 2770. The second-order valence-corrected chi connectivity index (χ2v) is 28.0. The molecule has 0 aromatic heterocycles. The van der Waals surface area contributed by atoms with E-state index in [4.69, 9.17) is 4.74 Å². The number of hydrogen-bond acceptors (Lipinski definition) is 13. The summed E-state index contributed by atoms with van der Waals surface area (Å²) in [6.45, 7) is 28.9. The van der Waals surface area contributed by atoms with Gasteiger partial charge in [0, 0.05) is 61.7 Å². The number of likely N-dealkylation sites (N-methyl/N-ethyl adjacent to an activating group) is 7. The fourth-order valence-corrected chi connectivity index (χ4v) is 11.4. The molecular formula is C69H115N11O13. The van der Waals surface area contributed by atoms with Crippen molar-refractivity contribution in [2.24, 2.45) is 35.5 Å². The highest BCUT2D eigenvalue weighted by atomic mass is 16.5. The summed E-state index contributed by atoms with van der Waals surface area (Å²) in [5.74, 6) is -11.2. The first-order chi connectivity index (χ1) is 43.1. The smallest absolute Gasteiger partial charge is 0.251 e. The van der Waals surface area contributed by atoms with Crippen molar-refractivity contribution in [2.45, 2.75) is 229 Å². The highest BCUT2D eigenvalue weighted by Crippen LogP contribution is 2.26. The summed E-state index contributed by atoms with van der Waals surface area (Å²) in [5, 5.41) is 11.0. The van der Waals surface area contributed by atoms with Gasteiger partial charge in [0.2, 0.25) is 59.1 Å². The van der Waals surface area contributed by atoms with Gasteiger partial charge in [-0.25, -0.2) is 0 Å². The van der Waals surface area contributed by atoms with E-state index >= 15 is 19.2 Å². The van der Waals surface area contributed by atoms with E-state index in [1.54, 1.807) is 74.5 Å². The molecule has 11 amide bonds. The van der Waals surface area contributed by atoms with Gasteiger partial charge in [0.15, 0.2) is 11.8 Å². The Kier molecular flexibility index (Phi) is 32.6. The normalized spacial score (nSPS) is 25.3. The Labute approximate surface area is 554 Å². The number of hydrogen-bond donors (Lipinski definition) is 4. The lowest BCUT2D eigenvalue weighted by Gasteiger charge is -2.40. The molecular weight excluding hydrogens is 1190 g/mol. The average molecular weight is 1310 g/mol. The molecule has 1 aromatic carbocycles. The second-order valence-electron chi connectivity index (χ2n) is 28.0. The number of allylic oxidation sites excluding steroid dienone is 2. The molecule has 0 unspecified atom stereocenters. The van der Waals surface area contributed by atoms with Gasteiger partial charge in [-0.2, -0.15) is 0 Å². The van der Waals surface area contributed by atoms with Crippen LogP contribution in [0.25, 0.3) is 0 Å². The van der Waals surface area contributed by atoms with Crippen molar-refractivity contribution in [1.29, 1.82) is 0 Å². The molecule has 1 fully saturated rings. The van der Waals surface area contributed by atoms with Gasteiger partial charge in [0.1, 0.15) is 54.4 Å². The van der Waals surface area contributed by atoms with Crippen molar-refractivity contribution in [1.82, 2.24) is 55.6 Å². The predicted octanol–water partition coefficient (Wildman–Crippen LogP) is 4.82. The summed E-state index contributed by atoms with van der Waals surface area (Å²) in [5.41, 5.74) is -0.261. The topological polar surface area (TPSA) is 285 Å². The van der Waals surface area contributed by atoms with Crippen LogP contribution in [-0.4, -0.2) is 227 Å². The molecule has 4 N–H and O–H groups in total. The molecule has 0 spiro atoms. The zero-order chi connectivity index (χ0) is 71.4. The monoisotopic (exact) mass is 1310 g/mol. The maximum absolute atomic E-state index is 15.2. The van der Waals surface area contributed by atoms with Gasteiger partial charge in [-0.05, 0) is 102 Å². The SMILES string of the molecule is CC=CC[C@@H](C)C(=O)[C@H]1C(=O)N[C@@H](CC)C(=O)N(C)CC(=O)N(C)[C@@H](CC(C)(C)OCc2ccccc2)C(=O)N[C@@H](C(C)C)C(=O)N(C)[C@@H](CC(C)C)C(=O)N[C@@H](C)C(=O)N[C@H](C)C(=O)N(C)[C@@H](CC(C)C)C(=O)N(C)[C@@H](CC(C)C)C(=O)N(C)[C@@H](C(C)C)C(=O)N1C. The van der Waals surface area contributed by atoms with Crippen molar-refractivity contribution in [3.05, 3.63) is 48.0 Å². The molecule has 1 aromatic rings. The van der Waals surface area contributed by atoms with Crippen LogP contribution in [0.2, 0.25) is 0 Å². The average Bonchev–Trinajstić information content (AvgIpc) is 0.829. The first-order valence-corrected chi connectivity index (χ1v) is 33.0. The lowest BCUT2D eigenvalue weighted by molar-refractivity contribution is -0.157. The molecule has 93 heavy (non-hydrogen) atoms. The van der Waals surface area contributed by atoms with Gasteiger partial charge in [0.05, 0.1) is 18.8 Å². The van der Waals surface area contributed by atoms with Gasteiger partial charge >= 0.3 is 0 Å². The first-order valence-electron chi connectivity index (χ1n) is 33.0. The van der Waals surface area contributed by atoms with Gasteiger partial charge < -0.3 is 60.3 Å². The largest absolute Gasteiger partial charge is 0.371 e. The molecule has 524 valence electrons. The predicted molar refractivity (Wildman–Crippen MR) is 358 cm³/mol. The summed E-state index contributed by atoms with van der Waals surface area (Å²) in [6, 6.07) is -3.82. The van der Waals surface area contributed by atoms with Crippen LogP contribution in [0.1, 0.15) is 162 Å². The first kappa shape index (κ1) is 81.9. The van der Waals surface area contributed by atoms with Crippen molar-refractivity contribution in [3.8, 4) is 0 Å². The molecule has 1 saturated heterocycles. The summed E-state index contributed by atoms with van der Waals surface area (Å²) < 4.78 is 6.38. The van der Waals surface area contributed by atoms with E-state index in [2.05, 4.69) is 21.3 Å². The van der Waals surface area contributed by atoms with Crippen LogP contribution in [-0.2, 0) is 68.9 Å². The van der Waals surface area contributed by atoms with Crippen LogP contribution < -0.4 is 21.3 Å². The minimum Gasteiger partial charge on any atom is -0.371 e. The number of nitrogens with zero attached hydrogens (tertiary/aromatic N) is 7. The molecule has 24 heteroatoms. The number of ketones is 1. The molecule has 24 nitrogen and oxygen atoms in total.